The highest BCUT2D eigenvalue weighted by Gasteiger charge is 2.26. The largest absolute Gasteiger partial charge is 0.489 e. The third-order valence-corrected chi connectivity index (χ3v) is 4.93. The van der Waals surface area contributed by atoms with E-state index in [0.717, 1.165) is 27.5 Å². The molecule has 2 aromatic carbocycles. The van der Waals surface area contributed by atoms with Crippen LogP contribution in [0, 0.1) is 36.0 Å². The van der Waals surface area contributed by atoms with E-state index >= 15 is 0 Å². The number of aryl methyl sites for hydroxylation is 2. The van der Waals surface area contributed by atoms with Crippen LogP contribution in [-0.4, -0.2) is 9.55 Å². The zero-order valence-electron chi connectivity index (χ0n) is 15.9. The molecule has 0 saturated carbocycles. The van der Waals surface area contributed by atoms with Gasteiger partial charge >= 0.3 is 0 Å². The predicted octanol–water partition coefficient (Wildman–Crippen LogP) is 6.21. The highest BCUT2D eigenvalue weighted by atomic mass is 35.5. The lowest BCUT2D eigenvalue weighted by atomic mass is 10.1. The van der Waals surface area contributed by atoms with Crippen LogP contribution in [0.3, 0.4) is 0 Å². The standard InChI is InChI=1S/C21H15F5N2O.ClH/c1-3-28-15-8-11(4-5-12(15)13-6-7-27-10(2)21(13)28)29-9-14-16(22)18(24)20(26)19(25)17(14)23;/h4-8H,3,9H2,1-2H3;1H. The Kier molecular flexibility index (Phi) is 5.90. The number of fused-ring (bicyclic) bond motifs is 3. The van der Waals surface area contributed by atoms with Crippen molar-refractivity contribution in [1.29, 1.82) is 0 Å². The Labute approximate surface area is 174 Å². The molecule has 0 N–H and O–H groups in total. The number of nitrogens with zero attached hydrogens (tertiary/aromatic N) is 2. The van der Waals surface area contributed by atoms with Gasteiger partial charge in [-0.3, -0.25) is 4.98 Å². The van der Waals surface area contributed by atoms with Crippen molar-refractivity contribution in [2.45, 2.75) is 27.0 Å². The highest BCUT2D eigenvalue weighted by molar-refractivity contribution is 6.09. The summed E-state index contributed by atoms with van der Waals surface area (Å²) in [6.07, 6.45) is 1.71. The molecule has 0 bridgehead atoms. The number of benzene rings is 2. The van der Waals surface area contributed by atoms with Crippen LogP contribution in [0.25, 0.3) is 21.8 Å². The molecular weight excluding hydrogens is 427 g/mol. The van der Waals surface area contributed by atoms with Gasteiger partial charge in [-0.05, 0) is 32.0 Å². The molecule has 4 rings (SSSR count). The van der Waals surface area contributed by atoms with Crippen LogP contribution in [-0.2, 0) is 13.2 Å². The summed E-state index contributed by atoms with van der Waals surface area (Å²) < 4.78 is 75.0. The molecule has 0 aliphatic rings. The smallest absolute Gasteiger partial charge is 0.200 e. The Balaban J connectivity index is 0.00000256. The van der Waals surface area contributed by atoms with Gasteiger partial charge in [-0.25, -0.2) is 22.0 Å². The van der Waals surface area contributed by atoms with E-state index in [0.29, 0.717) is 6.54 Å². The monoisotopic (exact) mass is 442 g/mol. The van der Waals surface area contributed by atoms with Gasteiger partial charge in [-0.15, -0.1) is 12.4 Å². The summed E-state index contributed by atoms with van der Waals surface area (Å²) in [5, 5.41) is 1.94. The van der Waals surface area contributed by atoms with E-state index in [1.54, 1.807) is 24.4 Å². The fourth-order valence-corrected chi connectivity index (χ4v) is 3.55. The maximum atomic E-state index is 13.8. The maximum absolute atomic E-state index is 13.8. The van der Waals surface area contributed by atoms with Crippen LogP contribution in [0.15, 0.2) is 30.5 Å². The molecule has 2 heterocycles. The van der Waals surface area contributed by atoms with E-state index < -0.39 is 41.3 Å². The van der Waals surface area contributed by atoms with Gasteiger partial charge in [0.25, 0.3) is 0 Å². The molecule has 0 spiro atoms. The Morgan fingerprint density at radius 1 is 0.900 bits per heavy atom. The number of pyridine rings is 1. The molecule has 0 fully saturated rings. The Hall–Kier alpha value is -2.87. The molecule has 0 aliphatic heterocycles. The van der Waals surface area contributed by atoms with Crippen LogP contribution < -0.4 is 4.74 Å². The Bertz CT molecular complexity index is 1240. The van der Waals surface area contributed by atoms with Crippen LogP contribution in [0.1, 0.15) is 18.2 Å². The van der Waals surface area contributed by atoms with Crippen molar-refractivity contribution in [3.63, 3.8) is 0 Å². The zero-order chi connectivity index (χ0) is 20.9. The summed E-state index contributed by atoms with van der Waals surface area (Å²) >= 11 is 0. The van der Waals surface area contributed by atoms with E-state index in [1.165, 1.54) is 0 Å². The molecule has 3 nitrogen and oxygen atoms in total. The van der Waals surface area contributed by atoms with E-state index in [1.807, 2.05) is 24.5 Å². The average molecular weight is 443 g/mol. The molecule has 0 unspecified atom stereocenters. The van der Waals surface area contributed by atoms with Gasteiger partial charge in [0.2, 0.25) is 5.82 Å². The van der Waals surface area contributed by atoms with Crippen molar-refractivity contribution in [2.75, 3.05) is 0 Å². The summed E-state index contributed by atoms with van der Waals surface area (Å²) in [7, 11) is 0. The van der Waals surface area contributed by atoms with Gasteiger partial charge < -0.3 is 9.30 Å². The fraction of sp³-hybridized carbons (Fsp3) is 0.190. The lowest BCUT2D eigenvalue weighted by molar-refractivity contribution is 0.279. The van der Waals surface area contributed by atoms with Gasteiger partial charge in [0.1, 0.15) is 12.4 Å². The number of hydrogen-bond acceptors (Lipinski definition) is 2. The predicted molar refractivity (Wildman–Crippen MR) is 105 cm³/mol. The van der Waals surface area contributed by atoms with E-state index in [-0.39, 0.29) is 18.2 Å². The van der Waals surface area contributed by atoms with Gasteiger partial charge in [0.05, 0.1) is 22.3 Å². The minimum atomic E-state index is -2.19. The van der Waals surface area contributed by atoms with Crippen LogP contribution in [0.5, 0.6) is 5.75 Å². The second-order valence-corrected chi connectivity index (χ2v) is 6.55. The molecular formula is C21H16ClF5N2O. The van der Waals surface area contributed by atoms with Crippen molar-refractivity contribution in [2.24, 2.45) is 0 Å². The Morgan fingerprint density at radius 2 is 1.53 bits per heavy atom. The van der Waals surface area contributed by atoms with Crippen molar-refractivity contribution >= 4 is 34.2 Å². The fourth-order valence-electron chi connectivity index (χ4n) is 3.55. The van der Waals surface area contributed by atoms with E-state index in [9.17, 15) is 22.0 Å². The van der Waals surface area contributed by atoms with Crippen LogP contribution in [0.4, 0.5) is 22.0 Å². The summed E-state index contributed by atoms with van der Waals surface area (Å²) in [4.78, 5) is 4.32. The number of halogens is 6. The first-order valence-corrected chi connectivity index (χ1v) is 8.85. The quantitative estimate of drug-likeness (QED) is 0.213. The van der Waals surface area contributed by atoms with Crippen molar-refractivity contribution in [3.8, 4) is 5.75 Å². The van der Waals surface area contributed by atoms with Gasteiger partial charge in [-0.2, -0.15) is 0 Å². The van der Waals surface area contributed by atoms with Crippen LogP contribution in [0.2, 0.25) is 0 Å². The first kappa shape index (κ1) is 21.8. The number of rotatable bonds is 4. The van der Waals surface area contributed by atoms with Crippen molar-refractivity contribution < 1.29 is 26.7 Å². The van der Waals surface area contributed by atoms with E-state index in [2.05, 4.69) is 4.98 Å². The normalized spacial score (nSPS) is 11.2. The average Bonchev–Trinajstić information content (AvgIpc) is 3.05. The van der Waals surface area contributed by atoms with Gasteiger partial charge in [0, 0.05) is 29.6 Å². The minimum absolute atomic E-state index is 0. The van der Waals surface area contributed by atoms with Gasteiger partial charge in [-0.1, -0.05) is 0 Å². The highest BCUT2D eigenvalue weighted by Crippen LogP contribution is 2.33. The SMILES string of the molecule is CCn1c2cc(OCc3c(F)c(F)c(F)c(F)c3F)ccc2c2ccnc(C)c21.Cl. The first-order valence-electron chi connectivity index (χ1n) is 8.85. The third-order valence-electron chi connectivity index (χ3n) is 4.93. The zero-order valence-corrected chi connectivity index (χ0v) is 16.7. The second kappa shape index (κ2) is 8.10. The third kappa shape index (κ3) is 3.25. The minimum Gasteiger partial charge on any atom is -0.489 e. The van der Waals surface area contributed by atoms with E-state index in [4.69, 9.17) is 4.74 Å². The molecule has 2 aromatic heterocycles. The first-order chi connectivity index (χ1) is 13.8. The van der Waals surface area contributed by atoms with Crippen LogP contribution >= 0.6 is 12.4 Å². The summed E-state index contributed by atoms with van der Waals surface area (Å²) in [5.41, 5.74) is 1.61. The molecule has 0 radical (unpaired) electrons. The number of ether oxygens (including phenoxy) is 1. The maximum Gasteiger partial charge on any atom is 0.200 e. The summed E-state index contributed by atoms with van der Waals surface area (Å²) in [5.74, 6) is -9.73. The van der Waals surface area contributed by atoms with Gasteiger partial charge in [0.15, 0.2) is 23.3 Å². The summed E-state index contributed by atoms with van der Waals surface area (Å²) in [6, 6.07) is 6.94. The summed E-state index contributed by atoms with van der Waals surface area (Å²) in [6.45, 7) is 3.71. The lowest BCUT2D eigenvalue weighted by Gasteiger charge is -2.11. The lowest BCUT2D eigenvalue weighted by Crippen LogP contribution is -2.09. The molecule has 158 valence electrons. The number of hydrogen-bond donors (Lipinski definition) is 0. The molecule has 4 aromatic rings. The van der Waals surface area contributed by atoms with Crippen molar-refractivity contribution in [1.82, 2.24) is 9.55 Å². The Morgan fingerprint density at radius 3 is 2.17 bits per heavy atom. The molecule has 0 atom stereocenters. The molecule has 0 amide bonds. The molecule has 0 saturated heterocycles. The molecule has 0 aliphatic carbocycles. The molecule has 9 heteroatoms. The second-order valence-electron chi connectivity index (χ2n) is 6.55. The topological polar surface area (TPSA) is 27.1 Å². The molecule has 30 heavy (non-hydrogen) atoms. The van der Waals surface area contributed by atoms with Crippen molar-refractivity contribution in [3.05, 3.63) is 70.8 Å². The number of aromatic nitrogens is 2.